The van der Waals surface area contributed by atoms with Crippen LogP contribution in [0.25, 0.3) is 5.69 Å². The molecule has 1 aromatic heterocycles. The summed E-state index contributed by atoms with van der Waals surface area (Å²) in [6.45, 7) is 4.19. The number of tetrazole rings is 1. The number of aromatic nitrogens is 4. The fourth-order valence-electron chi connectivity index (χ4n) is 1.89. The molecule has 10 heteroatoms. The van der Waals surface area contributed by atoms with Crippen molar-refractivity contribution in [1.29, 1.82) is 0 Å². The molecule has 0 unspecified atom stereocenters. The number of thioether (sulfide) groups is 1. The molecule has 0 saturated carbocycles. The summed E-state index contributed by atoms with van der Waals surface area (Å²) in [5.41, 5.74) is 0.740. The van der Waals surface area contributed by atoms with Crippen molar-refractivity contribution >= 4 is 35.2 Å². The summed E-state index contributed by atoms with van der Waals surface area (Å²) >= 11 is 7.05. The van der Waals surface area contributed by atoms with Gasteiger partial charge in [0.2, 0.25) is 17.0 Å². The van der Waals surface area contributed by atoms with Crippen LogP contribution in [0.5, 0.6) is 0 Å². The van der Waals surface area contributed by atoms with E-state index < -0.39 is 6.04 Å². The number of hydrogen-bond acceptors (Lipinski definition) is 6. The molecule has 0 aliphatic rings. The second-order valence-corrected chi connectivity index (χ2v) is 6.60. The van der Waals surface area contributed by atoms with Crippen LogP contribution in [0, 0.1) is 0 Å². The van der Waals surface area contributed by atoms with Gasteiger partial charge in [-0.2, -0.15) is 4.68 Å². The summed E-state index contributed by atoms with van der Waals surface area (Å²) in [7, 11) is 0. The van der Waals surface area contributed by atoms with Gasteiger partial charge in [-0.1, -0.05) is 30.3 Å². The summed E-state index contributed by atoms with van der Waals surface area (Å²) in [6, 6.07) is 6.44. The third kappa shape index (κ3) is 5.71. The quantitative estimate of drug-likeness (QED) is 0.670. The molecule has 134 valence electrons. The van der Waals surface area contributed by atoms with Crippen LogP contribution in [0.15, 0.2) is 29.4 Å². The lowest BCUT2D eigenvalue weighted by molar-refractivity contribution is -0.127. The monoisotopic (exact) mass is 382 g/mol. The van der Waals surface area contributed by atoms with Crippen molar-refractivity contribution in [3.63, 3.8) is 0 Å². The Labute approximate surface area is 154 Å². The highest BCUT2D eigenvalue weighted by atomic mass is 35.5. The number of rotatable bonds is 8. The number of nitrogens with one attached hydrogen (secondary N) is 2. The topological polar surface area (TPSA) is 102 Å². The normalized spacial score (nSPS) is 11.8. The molecule has 25 heavy (non-hydrogen) atoms. The minimum absolute atomic E-state index is 0.0966. The van der Waals surface area contributed by atoms with Crippen molar-refractivity contribution in [3.05, 3.63) is 29.3 Å². The summed E-state index contributed by atoms with van der Waals surface area (Å²) < 4.78 is 1.52. The van der Waals surface area contributed by atoms with E-state index in [0.717, 1.165) is 12.1 Å². The maximum absolute atomic E-state index is 12.0. The Bertz CT molecular complexity index is 721. The van der Waals surface area contributed by atoms with Gasteiger partial charge in [0.25, 0.3) is 0 Å². The highest BCUT2D eigenvalue weighted by Gasteiger charge is 2.16. The van der Waals surface area contributed by atoms with E-state index in [0.29, 0.717) is 16.7 Å². The number of carbonyl (C=O) groups excluding carboxylic acids is 2. The van der Waals surface area contributed by atoms with Crippen molar-refractivity contribution in [2.45, 2.75) is 31.5 Å². The minimum Gasteiger partial charge on any atom is -0.354 e. The zero-order valence-electron chi connectivity index (χ0n) is 13.9. The van der Waals surface area contributed by atoms with E-state index in [4.69, 9.17) is 11.6 Å². The molecule has 1 atom stereocenters. The van der Waals surface area contributed by atoms with E-state index >= 15 is 0 Å². The minimum atomic E-state index is -0.591. The fourth-order valence-corrected chi connectivity index (χ4v) is 2.72. The first-order chi connectivity index (χ1) is 12.0. The van der Waals surface area contributed by atoms with E-state index in [1.807, 2.05) is 6.92 Å². The Kier molecular flexibility index (Phi) is 7.20. The lowest BCUT2D eigenvalue weighted by Crippen LogP contribution is -2.45. The van der Waals surface area contributed by atoms with Gasteiger partial charge in [0.1, 0.15) is 6.04 Å². The van der Waals surface area contributed by atoms with Gasteiger partial charge >= 0.3 is 0 Å². The number of hydrogen-bond donors (Lipinski definition) is 2. The van der Waals surface area contributed by atoms with Crippen LogP contribution >= 0.6 is 23.4 Å². The van der Waals surface area contributed by atoms with Gasteiger partial charge in [0.05, 0.1) is 11.4 Å². The Hall–Kier alpha value is -2.13. The number of carbonyl (C=O) groups is 2. The molecule has 0 aliphatic heterocycles. The lowest BCUT2D eigenvalue weighted by Gasteiger charge is -2.13. The van der Waals surface area contributed by atoms with Crippen molar-refractivity contribution in [2.24, 2.45) is 0 Å². The predicted octanol–water partition coefficient (Wildman–Crippen LogP) is 1.44. The molecule has 0 bridgehead atoms. The molecule has 1 heterocycles. The summed E-state index contributed by atoms with van der Waals surface area (Å²) in [5.74, 6) is -0.375. The SMILES string of the molecule is CCCNC(=O)[C@@H](C)NC(=O)CSc1nnnn1-c1ccc(Cl)cc1. The molecule has 1 aromatic carbocycles. The van der Waals surface area contributed by atoms with Crippen LogP contribution < -0.4 is 10.6 Å². The summed E-state index contributed by atoms with van der Waals surface area (Å²) in [5, 5.41) is 17.9. The Morgan fingerprint density at radius 1 is 1.32 bits per heavy atom. The fraction of sp³-hybridized carbons (Fsp3) is 0.400. The van der Waals surface area contributed by atoms with Gasteiger partial charge in [0, 0.05) is 11.6 Å². The van der Waals surface area contributed by atoms with E-state index in [2.05, 4.69) is 26.2 Å². The number of benzene rings is 1. The molecule has 0 saturated heterocycles. The Balaban J connectivity index is 1.89. The third-order valence-electron chi connectivity index (χ3n) is 3.16. The number of nitrogens with zero attached hydrogens (tertiary/aromatic N) is 4. The predicted molar refractivity (Wildman–Crippen MR) is 95.8 cm³/mol. The molecule has 2 N–H and O–H groups in total. The second kappa shape index (κ2) is 9.38. The molecule has 2 amide bonds. The van der Waals surface area contributed by atoms with Crippen LogP contribution in [0.4, 0.5) is 0 Å². The second-order valence-electron chi connectivity index (χ2n) is 5.22. The Morgan fingerprint density at radius 2 is 2.04 bits per heavy atom. The van der Waals surface area contributed by atoms with Gasteiger partial charge in [0.15, 0.2) is 0 Å². The van der Waals surface area contributed by atoms with Gasteiger partial charge in [-0.05, 0) is 48.0 Å². The van der Waals surface area contributed by atoms with Crippen molar-refractivity contribution in [1.82, 2.24) is 30.8 Å². The van der Waals surface area contributed by atoms with E-state index in [1.54, 1.807) is 31.2 Å². The van der Waals surface area contributed by atoms with Gasteiger partial charge < -0.3 is 10.6 Å². The van der Waals surface area contributed by atoms with Crippen molar-refractivity contribution < 1.29 is 9.59 Å². The molecular formula is C15H19ClN6O2S. The van der Waals surface area contributed by atoms with E-state index in [9.17, 15) is 9.59 Å². The first-order valence-corrected chi connectivity index (χ1v) is 9.11. The molecule has 0 fully saturated rings. The Morgan fingerprint density at radius 3 is 2.72 bits per heavy atom. The molecule has 0 radical (unpaired) electrons. The van der Waals surface area contributed by atoms with Crippen LogP contribution in [0.3, 0.4) is 0 Å². The largest absolute Gasteiger partial charge is 0.354 e. The molecule has 2 aromatic rings. The van der Waals surface area contributed by atoms with E-state index in [-0.39, 0.29) is 17.6 Å². The van der Waals surface area contributed by atoms with Crippen molar-refractivity contribution in [3.8, 4) is 5.69 Å². The van der Waals surface area contributed by atoms with Gasteiger partial charge in [-0.3, -0.25) is 9.59 Å². The summed E-state index contributed by atoms with van der Waals surface area (Å²) in [6.07, 6.45) is 0.843. The van der Waals surface area contributed by atoms with Crippen LogP contribution in [0.1, 0.15) is 20.3 Å². The number of amides is 2. The molecule has 2 rings (SSSR count). The van der Waals surface area contributed by atoms with Crippen LogP contribution in [-0.4, -0.2) is 50.4 Å². The first-order valence-electron chi connectivity index (χ1n) is 7.75. The first kappa shape index (κ1) is 19.2. The van der Waals surface area contributed by atoms with Crippen LogP contribution in [-0.2, 0) is 9.59 Å². The van der Waals surface area contributed by atoms with Crippen molar-refractivity contribution in [2.75, 3.05) is 12.3 Å². The smallest absolute Gasteiger partial charge is 0.242 e. The molecule has 0 aliphatic carbocycles. The molecule has 8 nitrogen and oxygen atoms in total. The van der Waals surface area contributed by atoms with Gasteiger partial charge in [-0.25, -0.2) is 0 Å². The highest BCUT2D eigenvalue weighted by molar-refractivity contribution is 7.99. The molecular weight excluding hydrogens is 364 g/mol. The zero-order chi connectivity index (χ0) is 18.2. The molecule has 0 spiro atoms. The van der Waals surface area contributed by atoms with E-state index in [1.165, 1.54) is 16.4 Å². The third-order valence-corrected chi connectivity index (χ3v) is 4.34. The highest BCUT2D eigenvalue weighted by Crippen LogP contribution is 2.19. The van der Waals surface area contributed by atoms with Gasteiger partial charge in [-0.15, -0.1) is 5.10 Å². The lowest BCUT2D eigenvalue weighted by atomic mass is 10.3. The standard InChI is InChI=1S/C15H19ClN6O2S/c1-3-8-17-14(24)10(2)18-13(23)9-25-15-19-20-21-22(15)12-6-4-11(16)5-7-12/h4-7,10H,3,8-9H2,1-2H3,(H,17,24)(H,18,23)/t10-/m1/s1. The number of halogens is 1. The summed E-state index contributed by atoms with van der Waals surface area (Å²) in [4.78, 5) is 23.8. The zero-order valence-corrected chi connectivity index (χ0v) is 15.5. The maximum Gasteiger partial charge on any atom is 0.242 e. The average molecular weight is 383 g/mol. The van der Waals surface area contributed by atoms with Crippen LogP contribution in [0.2, 0.25) is 5.02 Å². The average Bonchev–Trinajstić information content (AvgIpc) is 3.07. The maximum atomic E-state index is 12.0.